The van der Waals surface area contributed by atoms with Gasteiger partial charge in [-0.05, 0) is 31.2 Å². The topological polar surface area (TPSA) is 62.0 Å². The summed E-state index contributed by atoms with van der Waals surface area (Å²) in [6.45, 7) is 4.30. The van der Waals surface area contributed by atoms with E-state index in [1.807, 2.05) is 37.3 Å². The molecule has 1 aromatic carbocycles. The van der Waals surface area contributed by atoms with Crippen molar-refractivity contribution >= 4 is 31.8 Å². The maximum atomic E-state index is 9.98. The Morgan fingerprint density at radius 3 is 2.83 bits per heavy atom. The van der Waals surface area contributed by atoms with Crippen LogP contribution in [-0.4, -0.2) is 35.1 Å². The lowest BCUT2D eigenvalue weighted by Crippen LogP contribution is -2.27. The van der Waals surface area contributed by atoms with Crippen molar-refractivity contribution in [3.8, 4) is 23.1 Å². The maximum absolute atomic E-state index is 9.98. The van der Waals surface area contributed by atoms with E-state index in [2.05, 4.69) is 24.1 Å². The lowest BCUT2D eigenvalue weighted by atomic mass is 9.97. The molecule has 29 heavy (non-hydrogen) atoms. The molecule has 0 saturated carbocycles. The van der Waals surface area contributed by atoms with Crippen LogP contribution in [0.1, 0.15) is 23.7 Å². The SMILES string of the molecule is CCOc1nc2sc3cc4c(nc3c2c(-c2ccccc2)c1C#N)CCN(C)C4. The van der Waals surface area contributed by atoms with E-state index in [1.54, 1.807) is 11.3 Å². The molecule has 0 amide bonds. The van der Waals surface area contributed by atoms with E-state index in [1.165, 1.54) is 5.56 Å². The molecule has 1 aliphatic rings. The van der Waals surface area contributed by atoms with Crippen molar-refractivity contribution in [3.63, 3.8) is 0 Å². The molecule has 0 bridgehead atoms. The molecule has 5 rings (SSSR count). The Hall–Kier alpha value is -3.01. The minimum absolute atomic E-state index is 0.400. The second kappa shape index (κ2) is 7.11. The first-order valence-corrected chi connectivity index (χ1v) is 10.6. The van der Waals surface area contributed by atoms with Gasteiger partial charge in [0, 0.05) is 36.2 Å². The van der Waals surface area contributed by atoms with E-state index in [0.717, 1.165) is 56.8 Å². The number of thiophene rings is 1. The Morgan fingerprint density at radius 2 is 2.07 bits per heavy atom. The quantitative estimate of drug-likeness (QED) is 0.496. The summed E-state index contributed by atoms with van der Waals surface area (Å²) in [5.74, 6) is 0.400. The summed E-state index contributed by atoms with van der Waals surface area (Å²) in [5, 5.41) is 10.9. The molecule has 0 aliphatic carbocycles. The number of ether oxygens (including phenoxy) is 1. The van der Waals surface area contributed by atoms with Crippen molar-refractivity contribution in [1.82, 2.24) is 14.9 Å². The molecule has 1 aliphatic heterocycles. The van der Waals surface area contributed by atoms with E-state index >= 15 is 0 Å². The Labute approximate surface area is 173 Å². The lowest BCUT2D eigenvalue weighted by molar-refractivity contribution is 0.310. The van der Waals surface area contributed by atoms with Gasteiger partial charge in [-0.1, -0.05) is 30.3 Å². The third-order valence-electron chi connectivity index (χ3n) is 5.36. The van der Waals surface area contributed by atoms with Gasteiger partial charge >= 0.3 is 0 Å². The number of fused-ring (bicyclic) bond motifs is 4. The van der Waals surface area contributed by atoms with Crippen LogP contribution in [0.5, 0.6) is 5.88 Å². The van der Waals surface area contributed by atoms with Gasteiger partial charge in [0.05, 0.1) is 16.8 Å². The highest BCUT2D eigenvalue weighted by atomic mass is 32.1. The number of hydrogen-bond donors (Lipinski definition) is 0. The van der Waals surface area contributed by atoms with E-state index in [-0.39, 0.29) is 0 Å². The van der Waals surface area contributed by atoms with E-state index in [0.29, 0.717) is 18.1 Å². The van der Waals surface area contributed by atoms with Gasteiger partial charge in [0.1, 0.15) is 16.5 Å². The van der Waals surface area contributed by atoms with Crippen LogP contribution in [0.3, 0.4) is 0 Å². The highest BCUT2D eigenvalue weighted by Gasteiger charge is 2.24. The number of nitriles is 1. The van der Waals surface area contributed by atoms with Crippen LogP contribution in [0.4, 0.5) is 0 Å². The van der Waals surface area contributed by atoms with Crippen LogP contribution < -0.4 is 4.74 Å². The molecule has 5 nitrogen and oxygen atoms in total. The molecule has 3 aromatic heterocycles. The average Bonchev–Trinajstić information content (AvgIpc) is 3.08. The fourth-order valence-corrected chi connectivity index (χ4v) is 5.11. The average molecular weight is 401 g/mol. The van der Waals surface area contributed by atoms with E-state index in [9.17, 15) is 5.26 Å². The largest absolute Gasteiger partial charge is 0.477 e. The highest BCUT2D eigenvalue weighted by molar-refractivity contribution is 7.25. The molecule has 4 heterocycles. The summed E-state index contributed by atoms with van der Waals surface area (Å²) >= 11 is 1.62. The minimum Gasteiger partial charge on any atom is -0.477 e. The van der Waals surface area contributed by atoms with Crippen molar-refractivity contribution in [2.75, 3.05) is 20.2 Å². The Kier molecular flexibility index (Phi) is 4.42. The number of nitrogens with zero attached hydrogens (tertiary/aromatic N) is 4. The molecule has 0 saturated heterocycles. The van der Waals surface area contributed by atoms with Crippen molar-refractivity contribution < 1.29 is 4.74 Å². The zero-order chi connectivity index (χ0) is 20.0. The van der Waals surface area contributed by atoms with Gasteiger partial charge in [0.15, 0.2) is 0 Å². The molecule has 0 atom stereocenters. The standard InChI is InChI=1S/C23H20N4OS/c1-3-28-22-16(12-24)19(14-7-5-4-6-8-14)20-21-18(29-23(20)26-22)11-15-13-27(2)10-9-17(15)25-21/h4-8,11H,3,9-10,13H2,1-2H3. The minimum atomic E-state index is 0.400. The predicted molar refractivity (Wildman–Crippen MR) is 116 cm³/mol. The number of rotatable bonds is 3. The summed E-state index contributed by atoms with van der Waals surface area (Å²) in [6.07, 6.45) is 0.940. The van der Waals surface area contributed by atoms with Crippen LogP contribution >= 0.6 is 11.3 Å². The van der Waals surface area contributed by atoms with Crippen LogP contribution in [0, 0.1) is 11.3 Å². The monoisotopic (exact) mass is 400 g/mol. The summed E-state index contributed by atoms with van der Waals surface area (Å²) in [5.41, 5.74) is 5.71. The second-order valence-corrected chi connectivity index (χ2v) is 8.32. The molecule has 4 aromatic rings. The number of likely N-dealkylation sites (N-methyl/N-ethyl adjacent to an activating group) is 1. The molecule has 0 unspecified atom stereocenters. The third-order valence-corrected chi connectivity index (χ3v) is 6.38. The van der Waals surface area contributed by atoms with Crippen molar-refractivity contribution in [2.45, 2.75) is 19.9 Å². The van der Waals surface area contributed by atoms with Gasteiger partial charge in [-0.15, -0.1) is 11.3 Å². The summed E-state index contributed by atoms with van der Waals surface area (Å²) < 4.78 is 6.86. The zero-order valence-electron chi connectivity index (χ0n) is 16.4. The first-order valence-electron chi connectivity index (χ1n) is 9.75. The Balaban J connectivity index is 1.89. The maximum Gasteiger partial charge on any atom is 0.233 e. The first kappa shape index (κ1) is 18.0. The Bertz CT molecular complexity index is 1270. The van der Waals surface area contributed by atoms with Crippen molar-refractivity contribution in [2.24, 2.45) is 0 Å². The molecular formula is C23H20N4OS. The van der Waals surface area contributed by atoms with Crippen molar-refractivity contribution in [3.05, 3.63) is 53.2 Å². The van der Waals surface area contributed by atoms with Gasteiger partial charge in [0.2, 0.25) is 5.88 Å². The molecular weight excluding hydrogens is 380 g/mol. The number of pyridine rings is 2. The summed E-state index contributed by atoms with van der Waals surface area (Å²) in [4.78, 5) is 13.0. The van der Waals surface area contributed by atoms with Gasteiger partial charge < -0.3 is 9.64 Å². The third kappa shape index (κ3) is 2.94. The van der Waals surface area contributed by atoms with Crippen LogP contribution in [-0.2, 0) is 13.0 Å². The molecule has 0 N–H and O–H groups in total. The van der Waals surface area contributed by atoms with Crippen LogP contribution in [0.25, 0.3) is 31.6 Å². The fraction of sp³-hybridized carbons (Fsp3) is 0.261. The smallest absolute Gasteiger partial charge is 0.233 e. The molecule has 144 valence electrons. The Morgan fingerprint density at radius 1 is 1.24 bits per heavy atom. The number of hydrogen-bond acceptors (Lipinski definition) is 6. The van der Waals surface area contributed by atoms with Gasteiger partial charge in [-0.25, -0.2) is 4.98 Å². The number of aromatic nitrogens is 2. The fourth-order valence-electron chi connectivity index (χ4n) is 4.03. The molecule has 6 heteroatoms. The lowest BCUT2D eigenvalue weighted by Gasteiger charge is -2.24. The summed E-state index contributed by atoms with van der Waals surface area (Å²) in [6, 6.07) is 14.6. The zero-order valence-corrected chi connectivity index (χ0v) is 17.2. The van der Waals surface area contributed by atoms with Crippen molar-refractivity contribution in [1.29, 1.82) is 5.26 Å². The van der Waals surface area contributed by atoms with E-state index < -0.39 is 0 Å². The van der Waals surface area contributed by atoms with Gasteiger partial charge in [-0.3, -0.25) is 4.98 Å². The van der Waals surface area contributed by atoms with Crippen LogP contribution in [0.2, 0.25) is 0 Å². The molecule has 0 fully saturated rings. The predicted octanol–water partition coefficient (Wildman–Crippen LogP) is 4.77. The van der Waals surface area contributed by atoms with Gasteiger partial charge in [-0.2, -0.15) is 5.26 Å². The summed E-state index contributed by atoms with van der Waals surface area (Å²) in [7, 11) is 2.14. The molecule has 0 spiro atoms. The highest BCUT2D eigenvalue weighted by Crippen LogP contribution is 2.43. The molecule has 0 radical (unpaired) electrons. The number of benzene rings is 1. The first-order chi connectivity index (χ1) is 14.2. The normalized spacial score (nSPS) is 14.1. The van der Waals surface area contributed by atoms with Crippen LogP contribution in [0.15, 0.2) is 36.4 Å². The van der Waals surface area contributed by atoms with E-state index in [4.69, 9.17) is 14.7 Å². The second-order valence-electron chi connectivity index (χ2n) is 7.29. The van der Waals surface area contributed by atoms with Gasteiger partial charge in [0.25, 0.3) is 0 Å².